The van der Waals surface area contributed by atoms with Gasteiger partial charge in [-0.15, -0.1) is 0 Å². The first-order valence-corrected chi connectivity index (χ1v) is 5.40. The molecule has 1 rings (SSSR count). The maximum absolute atomic E-state index is 11.5. The van der Waals surface area contributed by atoms with Crippen molar-refractivity contribution in [1.82, 2.24) is 9.55 Å². The van der Waals surface area contributed by atoms with Crippen LogP contribution in [-0.2, 0) is 9.53 Å². The van der Waals surface area contributed by atoms with Crippen molar-refractivity contribution in [3.05, 3.63) is 18.7 Å². The highest BCUT2D eigenvalue weighted by Crippen LogP contribution is 2.03. The summed E-state index contributed by atoms with van der Waals surface area (Å²) in [5, 5.41) is 0. The van der Waals surface area contributed by atoms with Crippen LogP contribution < -0.4 is 0 Å². The van der Waals surface area contributed by atoms with E-state index in [1.165, 1.54) is 10.9 Å². The Bertz CT molecular complexity index is 333. The fraction of sp³-hybridized carbons (Fsp3) is 0.545. The van der Waals surface area contributed by atoms with Gasteiger partial charge in [0.2, 0.25) is 5.91 Å². The number of unbranched alkanes of at least 4 members (excludes halogenated alkanes) is 1. The lowest BCUT2D eigenvalue weighted by atomic mass is 10.2. The fourth-order valence-electron chi connectivity index (χ4n) is 1.31. The summed E-state index contributed by atoms with van der Waals surface area (Å²) in [5.41, 5.74) is 0. The fourth-order valence-corrected chi connectivity index (χ4v) is 1.31. The van der Waals surface area contributed by atoms with Crippen molar-refractivity contribution in [2.24, 2.45) is 0 Å². The third-order valence-electron chi connectivity index (χ3n) is 2.12. The van der Waals surface area contributed by atoms with Gasteiger partial charge < -0.3 is 4.74 Å². The standard InChI is InChI=1S/C11H16N2O3/c1-2-16-11(15)6-4-3-5-10(14)13-8-7-12-9-13/h7-9H,2-6H2,1H3. The molecule has 0 radical (unpaired) electrons. The molecule has 1 aromatic heterocycles. The summed E-state index contributed by atoms with van der Waals surface area (Å²) in [6.45, 7) is 2.19. The van der Waals surface area contributed by atoms with Gasteiger partial charge in [-0.2, -0.15) is 0 Å². The van der Waals surface area contributed by atoms with Gasteiger partial charge >= 0.3 is 5.97 Å². The SMILES string of the molecule is CCOC(=O)CCCCC(=O)n1ccnc1. The molecule has 0 bridgehead atoms. The van der Waals surface area contributed by atoms with Crippen LogP contribution in [0.5, 0.6) is 0 Å². The number of esters is 1. The number of rotatable bonds is 6. The number of carbonyl (C=O) groups excluding carboxylic acids is 2. The van der Waals surface area contributed by atoms with E-state index in [1.807, 2.05) is 0 Å². The quantitative estimate of drug-likeness (QED) is 0.544. The van der Waals surface area contributed by atoms with Crippen molar-refractivity contribution in [3.8, 4) is 0 Å². The van der Waals surface area contributed by atoms with Crippen molar-refractivity contribution in [1.29, 1.82) is 0 Å². The minimum atomic E-state index is -0.197. The summed E-state index contributed by atoms with van der Waals surface area (Å²) in [5.74, 6) is -0.195. The number of carbonyl (C=O) groups is 2. The number of hydrogen-bond donors (Lipinski definition) is 0. The molecule has 1 aromatic rings. The van der Waals surface area contributed by atoms with E-state index in [1.54, 1.807) is 19.3 Å². The summed E-state index contributed by atoms with van der Waals surface area (Å²) in [4.78, 5) is 26.3. The zero-order valence-electron chi connectivity index (χ0n) is 9.39. The van der Waals surface area contributed by atoms with Crippen LogP contribution in [0.15, 0.2) is 18.7 Å². The predicted octanol–water partition coefficient (Wildman–Crippen LogP) is 1.65. The first kappa shape index (κ1) is 12.4. The Morgan fingerprint density at radius 1 is 1.31 bits per heavy atom. The molecule has 5 nitrogen and oxygen atoms in total. The lowest BCUT2D eigenvalue weighted by Crippen LogP contribution is -2.08. The van der Waals surface area contributed by atoms with Gasteiger partial charge in [0, 0.05) is 25.2 Å². The molecule has 16 heavy (non-hydrogen) atoms. The maximum atomic E-state index is 11.5. The van der Waals surface area contributed by atoms with E-state index < -0.39 is 0 Å². The highest BCUT2D eigenvalue weighted by molar-refractivity contribution is 5.78. The Balaban J connectivity index is 2.12. The second-order valence-corrected chi connectivity index (χ2v) is 3.38. The molecular weight excluding hydrogens is 208 g/mol. The normalized spacial score (nSPS) is 10.1. The third kappa shape index (κ3) is 4.25. The van der Waals surface area contributed by atoms with E-state index in [4.69, 9.17) is 4.74 Å². The van der Waals surface area contributed by atoms with Crippen molar-refractivity contribution >= 4 is 11.9 Å². The molecule has 0 aliphatic carbocycles. The summed E-state index contributed by atoms with van der Waals surface area (Å²) < 4.78 is 6.23. The first-order chi connectivity index (χ1) is 7.74. The minimum Gasteiger partial charge on any atom is -0.466 e. The summed E-state index contributed by atoms with van der Waals surface area (Å²) in [6.07, 6.45) is 6.84. The summed E-state index contributed by atoms with van der Waals surface area (Å²) in [6, 6.07) is 0. The second kappa shape index (κ2) is 6.76. The average Bonchev–Trinajstić information content (AvgIpc) is 2.78. The molecule has 5 heteroatoms. The highest BCUT2D eigenvalue weighted by atomic mass is 16.5. The van der Waals surface area contributed by atoms with Crippen molar-refractivity contribution in [2.45, 2.75) is 32.6 Å². The van der Waals surface area contributed by atoms with Gasteiger partial charge in [-0.1, -0.05) is 0 Å². The lowest BCUT2D eigenvalue weighted by molar-refractivity contribution is -0.143. The van der Waals surface area contributed by atoms with E-state index >= 15 is 0 Å². The molecule has 0 aromatic carbocycles. The Morgan fingerprint density at radius 3 is 2.69 bits per heavy atom. The van der Waals surface area contributed by atoms with Gasteiger partial charge in [0.1, 0.15) is 6.33 Å². The Kier molecular flexibility index (Phi) is 5.25. The number of hydrogen-bond acceptors (Lipinski definition) is 4. The number of imidazole rings is 1. The van der Waals surface area contributed by atoms with E-state index in [0.717, 1.165) is 0 Å². The van der Waals surface area contributed by atoms with E-state index in [2.05, 4.69) is 4.98 Å². The van der Waals surface area contributed by atoms with E-state index in [9.17, 15) is 9.59 Å². The first-order valence-electron chi connectivity index (χ1n) is 5.40. The van der Waals surface area contributed by atoms with Crippen molar-refractivity contribution in [2.75, 3.05) is 6.61 Å². The Hall–Kier alpha value is -1.65. The molecule has 0 spiro atoms. The molecule has 0 atom stereocenters. The lowest BCUT2D eigenvalue weighted by Gasteiger charge is -2.02. The van der Waals surface area contributed by atoms with Gasteiger partial charge in [0.25, 0.3) is 0 Å². The van der Waals surface area contributed by atoms with Gasteiger partial charge in [-0.05, 0) is 19.8 Å². The third-order valence-corrected chi connectivity index (χ3v) is 2.12. The molecule has 0 saturated heterocycles. The molecule has 88 valence electrons. The minimum absolute atomic E-state index is 0.00126. The smallest absolute Gasteiger partial charge is 0.305 e. The molecule has 0 unspecified atom stereocenters. The summed E-state index contributed by atoms with van der Waals surface area (Å²) in [7, 11) is 0. The molecule has 0 amide bonds. The number of aromatic nitrogens is 2. The molecule has 0 aliphatic rings. The van der Waals surface area contributed by atoms with Gasteiger partial charge in [-0.3, -0.25) is 14.2 Å². The van der Waals surface area contributed by atoms with Crippen molar-refractivity contribution < 1.29 is 14.3 Å². The monoisotopic (exact) mass is 224 g/mol. The van der Waals surface area contributed by atoms with Crippen LogP contribution in [0.2, 0.25) is 0 Å². The molecular formula is C11H16N2O3. The number of ether oxygens (including phenoxy) is 1. The molecule has 0 saturated carbocycles. The van der Waals surface area contributed by atoms with Crippen LogP contribution in [0.4, 0.5) is 0 Å². The van der Waals surface area contributed by atoms with Crippen LogP contribution in [-0.4, -0.2) is 28.0 Å². The van der Waals surface area contributed by atoms with E-state index in [0.29, 0.717) is 32.3 Å². The molecule has 0 aliphatic heterocycles. The molecule has 0 fully saturated rings. The van der Waals surface area contributed by atoms with Crippen LogP contribution in [0.25, 0.3) is 0 Å². The Labute approximate surface area is 94.4 Å². The Morgan fingerprint density at radius 2 is 2.06 bits per heavy atom. The predicted molar refractivity (Wildman–Crippen MR) is 58.0 cm³/mol. The van der Waals surface area contributed by atoms with Crippen LogP contribution >= 0.6 is 0 Å². The maximum Gasteiger partial charge on any atom is 0.305 e. The van der Waals surface area contributed by atoms with Crippen molar-refractivity contribution in [3.63, 3.8) is 0 Å². The average molecular weight is 224 g/mol. The topological polar surface area (TPSA) is 61.2 Å². The second-order valence-electron chi connectivity index (χ2n) is 3.38. The van der Waals surface area contributed by atoms with Crippen LogP contribution in [0.1, 0.15) is 37.4 Å². The van der Waals surface area contributed by atoms with Crippen LogP contribution in [0.3, 0.4) is 0 Å². The molecule has 0 N–H and O–H groups in total. The van der Waals surface area contributed by atoms with Gasteiger partial charge in [0.15, 0.2) is 0 Å². The summed E-state index contributed by atoms with van der Waals surface area (Å²) >= 11 is 0. The number of nitrogens with zero attached hydrogens (tertiary/aromatic N) is 2. The van der Waals surface area contributed by atoms with Crippen LogP contribution in [0, 0.1) is 0 Å². The highest BCUT2D eigenvalue weighted by Gasteiger charge is 2.05. The molecule has 1 heterocycles. The zero-order chi connectivity index (χ0) is 11.8. The van der Waals surface area contributed by atoms with Gasteiger partial charge in [-0.25, -0.2) is 4.98 Å². The zero-order valence-corrected chi connectivity index (χ0v) is 9.39. The largest absolute Gasteiger partial charge is 0.466 e. The van der Waals surface area contributed by atoms with E-state index in [-0.39, 0.29) is 11.9 Å². The van der Waals surface area contributed by atoms with Gasteiger partial charge in [0.05, 0.1) is 6.61 Å².